The third kappa shape index (κ3) is 1.09. The van der Waals surface area contributed by atoms with E-state index in [1.54, 1.807) is 7.11 Å². The maximum Gasteiger partial charge on any atom is 0.252 e. The van der Waals surface area contributed by atoms with E-state index in [9.17, 15) is 4.79 Å². The van der Waals surface area contributed by atoms with Crippen LogP contribution in [-0.2, 0) is 6.42 Å². The maximum absolute atomic E-state index is 11.7. The third-order valence-electron chi connectivity index (χ3n) is 3.35. The van der Waals surface area contributed by atoms with Crippen LogP contribution in [0.15, 0.2) is 12.1 Å². The lowest BCUT2D eigenvalue weighted by Crippen LogP contribution is -2.20. The highest BCUT2D eigenvalue weighted by atomic mass is 16.5. The van der Waals surface area contributed by atoms with Gasteiger partial charge in [-0.3, -0.25) is 4.79 Å². The Morgan fingerprint density at radius 3 is 3.13 bits per heavy atom. The summed E-state index contributed by atoms with van der Waals surface area (Å²) in [6, 6.07) is 4.01. The lowest BCUT2D eigenvalue weighted by molar-refractivity contribution is 0.0954. The van der Waals surface area contributed by atoms with E-state index in [4.69, 9.17) is 4.74 Å². The highest BCUT2D eigenvalue weighted by Crippen LogP contribution is 2.40. The first-order chi connectivity index (χ1) is 7.31. The molecule has 0 radical (unpaired) electrons. The molecular weight excluding hydrogens is 190 g/mol. The SMILES string of the molecule is COc1ccc2c3c1CCCC3NC2=O. The van der Waals surface area contributed by atoms with Gasteiger partial charge >= 0.3 is 0 Å². The molecule has 1 N–H and O–H groups in total. The molecule has 1 unspecified atom stereocenters. The molecule has 3 nitrogen and oxygen atoms in total. The van der Waals surface area contributed by atoms with Crippen LogP contribution in [0.4, 0.5) is 0 Å². The Morgan fingerprint density at radius 1 is 1.47 bits per heavy atom. The highest BCUT2D eigenvalue weighted by molar-refractivity contribution is 6.00. The molecule has 0 spiro atoms. The number of methoxy groups -OCH3 is 1. The fourth-order valence-corrected chi connectivity index (χ4v) is 2.70. The van der Waals surface area contributed by atoms with Crippen LogP contribution in [0, 0.1) is 0 Å². The Morgan fingerprint density at radius 2 is 2.33 bits per heavy atom. The standard InChI is InChI=1S/C12H13NO2/c1-15-10-6-5-8-11-7(10)3-2-4-9(11)13-12(8)14/h5-6,9H,2-4H2,1H3,(H,13,14). The first-order valence-electron chi connectivity index (χ1n) is 5.32. The summed E-state index contributed by atoms with van der Waals surface area (Å²) in [6.07, 6.45) is 3.20. The molecule has 1 amide bonds. The van der Waals surface area contributed by atoms with Gasteiger partial charge in [-0.05, 0) is 37.0 Å². The van der Waals surface area contributed by atoms with Gasteiger partial charge in [0.25, 0.3) is 5.91 Å². The Bertz CT molecular complexity index is 439. The van der Waals surface area contributed by atoms with Crippen molar-refractivity contribution in [2.24, 2.45) is 0 Å². The van der Waals surface area contributed by atoms with Crippen molar-refractivity contribution in [3.8, 4) is 5.75 Å². The van der Waals surface area contributed by atoms with Gasteiger partial charge < -0.3 is 10.1 Å². The fraction of sp³-hybridized carbons (Fsp3) is 0.417. The van der Waals surface area contributed by atoms with Crippen LogP contribution >= 0.6 is 0 Å². The molecule has 1 aliphatic carbocycles. The molecule has 1 aromatic carbocycles. The molecule has 2 aliphatic rings. The Hall–Kier alpha value is -1.51. The van der Waals surface area contributed by atoms with E-state index < -0.39 is 0 Å². The molecule has 78 valence electrons. The minimum Gasteiger partial charge on any atom is -0.496 e. The fourth-order valence-electron chi connectivity index (χ4n) is 2.70. The summed E-state index contributed by atoms with van der Waals surface area (Å²) in [6.45, 7) is 0. The van der Waals surface area contributed by atoms with Gasteiger partial charge in [-0.15, -0.1) is 0 Å². The summed E-state index contributed by atoms with van der Waals surface area (Å²) in [4.78, 5) is 11.7. The Labute approximate surface area is 88.4 Å². The largest absolute Gasteiger partial charge is 0.496 e. The number of amides is 1. The lowest BCUT2D eigenvalue weighted by atomic mass is 9.86. The average Bonchev–Trinajstić information content (AvgIpc) is 2.58. The number of hydrogen-bond donors (Lipinski definition) is 1. The molecule has 1 aliphatic heterocycles. The summed E-state index contributed by atoms with van der Waals surface area (Å²) in [5, 5.41) is 3.02. The molecule has 1 heterocycles. The van der Waals surface area contributed by atoms with E-state index >= 15 is 0 Å². The van der Waals surface area contributed by atoms with Crippen molar-refractivity contribution in [2.45, 2.75) is 25.3 Å². The van der Waals surface area contributed by atoms with Gasteiger partial charge in [-0.1, -0.05) is 0 Å². The second-order valence-corrected chi connectivity index (χ2v) is 4.13. The summed E-state index contributed by atoms with van der Waals surface area (Å²) in [5.41, 5.74) is 3.26. The highest BCUT2D eigenvalue weighted by Gasteiger charge is 2.34. The number of carbonyl (C=O) groups excluding carboxylic acids is 1. The van der Waals surface area contributed by atoms with Gasteiger partial charge in [-0.2, -0.15) is 0 Å². The molecule has 1 aromatic rings. The second-order valence-electron chi connectivity index (χ2n) is 4.13. The Kier molecular flexibility index (Phi) is 1.75. The smallest absolute Gasteiger partial charge is 0.252 e. The summed E-state index contributed by atoms with van der Waals surface area (Å²) in [7, 11) is 1.69. The van der Waals surface area contributed by atoms with Gasteiger partial charge in [0.05, 0.1) is 13.2 Å². The number of rotatable bonds is 1. The quantitative estimate of drug-likeness (QED) is 0.756. The number of nitrogens with one attached hydrogen (secondary N) is 1. The first kappa shape index (κ1) is 8.77. The molecule has 0 bridgehead atoms. The van der Waals surface area contributed by atoms with Gasteiger partial charge in [0, 0.05) is 11.1 Å². The summed E-state index contributed by atoms with van der Waals surface area (Å²) < 4.78 is 5.34. The lowest BCUT2D eigenvalue weighted by Gasteiger charge is -2.22. The van der Waals surface area contributed by atoms with Crippen molar-refractivity contribution in [1.82, 2.24) is 5.32 Å². The van der Waals surface area contributed by atoms with Crippen molar-refractivity contribution >= 4 is 5.91 Å². The molecule has 3 rings (SSSR count). The van der Waals surface area contributed by atoms with Crippen molar-refractivity contribution < 1.29 is 9.53 Å². The zero-order valence-electron chi connectivity index (χ0n) is 8.67. The molecule has 0 fully saturated rings. The van der Waals surface area contributed by atoms with Crippen LogP contribution in [-0.4, -0.2) is 13.0 Å². The van der Waals surface area contributed by atoms with E-state index in [1.807, 2.05) is 12.1 Å². The van der Waals surface area contributed by atoms with Crippen LogP contribution in [0.5, 0.6) is 5.75 Å². The predicted molar refractivity (Wildman–Crippen MR) is 56.1 cm³/mol. The summed E-state index contributed by atoms with van der Waals surface area (Å²) >= 11 is 0. The first-order valence-corrected chi connectivity index (χ1v) is 5.32. The van der Waals surface area contributed by atoms with Gasteiger partial charge in [0.2, 0.25) is 0 Å². The van der Waals surface area contributed by atoms with Crippen LogP contribution in [0.25, 0.3) is 0 Å². The van der Waals surface area contributed by atoms with Gasteiger partial charge in [0.1, 0.15) is 5.75 Å². The molecule has 15 heavy (non-hydrogen) atoms. The van der Waals surface area contributed by atoms with Crippen LogP contribution in [0.3, 0.4) is 0 Å². The molecule has 0 saturated heterocycles. The van der Waals surface area contributed by atoms with E-state index in [0.29, 0.717) is 0 Å². The molecule has 0 saturated carbocycles. The minimum absolute atomic E-state index is 0.0702. The Balaban J connectivity index is 2.25. The predicted octanol–water partition coefficient (Wildman–Crippen LogP) is 1.82. The maximum atomic E-state index is 11.7. The van der Waals surface area contributed by atoms with Crippen molar-refractivity contribution in [1.29, 1.82) is 0 Å². The molecule has 1 atom stereocenters. The van der Waals surface area contributed by atoms with E-state index in [-0.39, 0.29) is 11.9 Å². The third-order valence-corrected chi connectivity index (χ3v) is 3.35. The monoisotopic (exact) mass is 203 g/mol. The average molecular weight is 203 g/mol. The number of carbonyl (C=O) groups is 1. The van der Waals surface area contributed by atoms with Gasteiger partial charge in [0.15, 0.2) is 0 Å². The van der Waals surface area contributed by atoms with Crippen LogP contribution < -0.4 is 10.1 Å². The zero-order valence-corrected chi connectivity index (χ0v) is 8.67. The second kappa shape index (κ2) is 2.99. The number of benzene rings is 1. The molecular formula is C12H13NO2. The van der Waals surface area contributed by atoms with Crippen LogP contribution in [0.1, 0.15) is 40.4 Å². The summed E-state index contributed by atoms with van der Waals surface area (Å²) in [5.74, 6) is 0.996. The molecule has 3 heteroatoms. The van der Waals surface area contributed by atoms with E-state index in [1.165, 1.54) is 11.1 Å². The molecule has 0 aromatic heterocycles. The van der Waals surface area contributed by atoms with Crippen molar-refractivity contribution in [2.75, 3.05) is 7.11 Å². The van der Waals surface area contributed by atoms with Crippen LogP contribution in [0.2, 0.25) is 0 Å². The van der Waals surface area contributed by atoms with E-state index in [2.05, 4.69) is 5.32 Å². The zero-order chi connectivity index (χ0) is 10.4. The van der Waals surface area contributed by atoms with Gasteiger partial charge in [-0.25, -0.2) is 0 Å². The normalized spacial score (nSPS) is 22.2. The minimum atomic E-state index is 0.0702. The van der Waals surface area contributed by atoms with E-state index in [0.717, 1.165) is 30.6 Å². The van der Waals surface area contributed by atoms with Crippen molar-refractivity contribution in [3.05, 3.63) is 28.8 Å². The number of hydrogen-bond acceptors (Lipinski definition) is 2. The number of ether oxygens (including phenoxy) is 1. The topological polar surface area (TPSA) is 38.3 Å². The van der Waals surface area contributed by atoms with Crippen molar-refractivity contribution in [3.63, 3.8) is 0 Å².